The monoisotopic (exact) mass is 306 g/mol. The predicted octanol–water partition coefficient (Wildman–Crippen LogP) is 3.74. The van der Waals surface area contributed by atoms with Crippen molar-refractivity contribution in [2.24, 2.45) is 11.8 Å². The molecule has 2 aromatic rings. The molecule has 0 aliphatic heterocycles. The van der Waals surface area contributed by atoms with E-state index in [1.165, 1.54) is 0 Å². The number of rotatable bonds is 4. The fourth-order valence-electron chi connectivity index (χ4n) is 3.18. The van der Waals surface area contributed by atoms with Crippen LogP contribution in [0.4, 0.5) is 0 Å². The summed E-state index contributed by atoms with van der Waals surface area (Å²) in [5, 5.41) is 0. The molecule has 0 unspecified atom stereocenters. The van der Waals surface area contributed by atoms with E-state index in [0.717, 1.165) is 6.42 Å². The van der Waals surface area contributed by atoms with Gasteiger partial charge in [-0.15, -0.1) is 0 Å². The van der Waals surface area contributed by atoms with Gasteiger partial charge in [0.1, 0.15) is 0 Å². The van der Waals surface area contributed by atoms with Crippen molar-refractivity contribution < 1.29 is 14.4 Å². The van der Waals surface area contributed by atoms with Crippen molar-refractivity contribution in [2.75, 3.05) is 0 Å². The minimum atomic E-state index is -0.691. The Labute approximate surface area is 135 Å². The molecule has 23 heavy (non-hydrogen) atoms. The first-order valence-corrected chi connectivity index (χ1v) is 7.90. The molecule has 3 rings (SSSR count). The molecule has 1 saturated carbocycles. The number of carbonyl (C=O) groups is 3. The van der Waals surface area contributed by atoms with Crippen LogP contribution in [0, 0.1) is 11.8 Å². The second-order valence-electron chi connectivity index (χ2n) is 5.90. The molecule has 0 aromatic heterocycles. The van der Waals surface area contributed by atoms with Crippen LogP contribution in [0.5, 0.6) is 0 Å². The molecule has 116 valence electrons. The summed E-state index contributed by atoms with van der Waals surface area (Å²) in [5.41, 5.74) is 1.08. The van der Waals surface area contributed by atoms with Crippen LogP contribution in [0.15, 0.2) is 60.7 Å². The summed E-state index contributed by atoms with van der Waals surface area (Å²) in [6.45, 7) is 0. The molecule has 3 nitrogen and oxygen atoms in total. The maximum atomic E-state index is 12.7. The molecule has 2 aromatic carbocycles. The van der Waals surface area contributed by atoms with Gasteiger partial charge in [0, 0.05) is 11.1 Å². The summed E-state index contributed by atoms with van der Waals surface area (Å²) >= 11 is 0. The summed E-state index contributed by atoms with van der Waals surface area (Å²) in [5.74, 6) is -1.94. The Balaban J connectivity index is 1.82. The Morgan fingerprint density at radius 1 is 0.696 bits per heavy atom. The van der Waals surface area contributed by atoms with Crippen molar-refractivity contribution in [3.8, 4) is 0 Å². The molecule has 0 spiro atoms. The highest BCUT2D eigenvalue weighted by molar-refractivity contribution is 6.19. The molecule has 0 bridgehead atoms. The van der Waals surface area contributed by atoms with Gasteiger partial charge in [-0.05, 0) is 12.8 Å². The zero-order valence-corrected chi connectivity index (χ0v) is 12.8. The molecule has 0 N–H and O–H groups in total. The van der Waals surface area contributed by atoms with Crippen LogP contribution in [0.25, 0.3) is 0 Å². The van der Waals surface area contributed by atoms with Crippen molar-refractivity contribution in [3.63, 3.8) is 0 Å². The van der Waals surface area contributed by atoms with Gasteiger partial charge in [-0.2, -0.15) is 0 Å². The highest BCUT2D eigenvalue weighted by atomic mass is 16.2. The average molecular weight is 306 g/mol. The lowest BCUT2D eigenvalue weighted by molar-refractivity contribution is -0.125. The highest BCUT2D eigenvalue weighted by Gasteiger charge is 2.39. The van der Waals surface area contributed by atoms with E-state index >= 15 is 0 Å². The lowest BCUT2D eigenvalue weighted by Gasteiger charge is -2.26. The third-order valence-corrected chi connectivity index (χ3v) is 4.42. The summed E-state index contributed by atoms with van der Waals surface area (Å²) in [6.07, 6.45) is 1.79. The normalized spacial score (nSPS) is 21.0. The Hall–Kier alpha value is -2.55. The van der Waals surface area contributed by atoms with E-state index in [4.69, 9.17) is 0 Å². The number of hydrogen-bond acceptors (Lipinski definition) is 3. The molecule has 2 atom stereocenters. The third kappa shape index (κ3) is 3.14. The Kier molecular flexibility index (Phi) is 4.47. The standard InChI is InChI=1S/C20H18O3/c21-18(14-8-3-1-4-9-14)16-12-7-13-17(20(16)23)19(22)15-10-5-2-6-11-15/h1-6,8-11,16-17H,7,12-13H2/t16-,17+. The Morgan fingerprint density at radius 2 is 1.09 bits per heavy atom. The molecule has 1 aliphatic rings. The van der Waals surface area contributed by atoms with E-state index in [-0.39, 0.29) is 17.3 Å². The molecule has 0 heterocycles. The second-order valence-corrected chi connectivity index (χ2v) is 5.90. The van der Waals surface area contributed by atoms with Crippen molar-refractivity contribution in [3.05, 3.63) is 71.8 Å². The molecular weight excluding hydrogens is 288 g/mol. The van der Waals surface area contributed by atoms with Gasteiger partial charge in [-0.3, -0.25) is 14.4 Å². The van der Waals surface area contributed by atoms with Crippen molar-refractivity contribution >= 4 is 17.3 Å². The van der Waals surface area contributed by atoms with Crippen LogP contribution < -0.4 is 0 Å². The van der Waals surface area contributed by atoms with Crippen LogP contribution in [0.1, 0.15) is 40.0 Å². The predicted molar refractivity (Wildman–Crippen MR) is 87.4 cm³/mol. The van der Waals surface area contributed by atoms with Crippen molar-refractivity contribution in [1.82, 2.24) is 0 Å². The van der Waals surface area contributed by atoms with Gasteiger partial charge in [0.05, 0.1) is 11.8 Å². The topological polar surface area (TPSA) is 51.2 Å². The van der Waals surface area contributed by atoms with Crippen LogP contribution in [0.3, 0.4) is 0 Å². The quantitative estimate of drug-likeness (QED) is 0.638. The first-order chi connectivity index (χ1) is 11.2. The van der Waals surface area contributed by atoms with Crippen molar-refractivity contribution in [1.29, 1.82) is 0 Å². The molecule has 0 amide bonds. The summed E-state index contributed by atoms with van der Waals surface area (Å²) < 4.78 is 0. The van der Waals surface area contributed by atoms with Gasteiger partial charge in [-0.1, -0.05) is 67.1 Å². The third-order valence-electron chi connectivity index (χ3n) is 4.42. The van der Waals surface area contributed by atoms with Crippen LogP contribution in [-0.2, 0) is 4.79 Å². The summed E-state index contributed by atoms with van der Waals surface area (Å²) in [7, 11) is 0. The second kappa shape index (κ2) is 6.69. The zero-order valence-electron chi connectivity index (χ0n) is 12.8. The molecule has 0 saturated heterocycles. The van der Waals surface area contributed by atoms with Gasteiger partial charge in [0.25, 0.3) is 0 Å². The number of Topliss-reactive ketones (excluding diaryl/α,β-unsaturated/α-hetero) is 3. The Morgan fingerprint density at radius 3 is 1.48 bits per heavy atom. The fraction of sp³-hybridized carbons (Fsp3) is 0.250. The van der Waals surface area contributed by atoms with E-state index in [2.05, 4.69) is 0 Å². The molecule has 0 radical (unpaired) electrons. The van der Waals surface area contributed by atoms with Gasteiger partial charge in [-0.25, -0.2) is 0 Å². The van der Waals surface area contributed by atoms with E-state index in [9.17, 15) is 14.4 Å². The molecular formula is C20H18O3. The van der Waals surface area contributed by atoms with E-state index in [1.807, 2.05) is 12.1 Å². The number of carbonyl (C=O) groups excluding carboxylic acids is 3. The lowest BCUT2D eigenvalue weighted by atomic mass is 9.74. The Bertz CT molecular complexity index is 658. The highest BCUT2D eigenvalue weighted by Crippen LogP contribution is 2.30. The van der Waals surface area contributed by atoms with E-state index in [1.54, 1.807) is 48.5 Å². The molecule has 3 heteroatoms. The smallest absolute Gasteiger partial charge is 0.173 e. The van der Waals surface area contributed by atoms with Crippen LogP contribution in [0.2, 0.25) is 0 Å². The van der Waals surface area contributed by atoms with E-state index in [0.29, 0.717) is 24.0 Å². The van der Waals surface area contributed by atoms with Gasteiger partial charge in [0.2, 0.25) is 0 Å². The van der Waals surface area contributed by atoms with E-state index < -0.39 is 11.8 Å². The van der Waals surface area contributed by atoms with Gasteiger partial charge >= 0.3 is 0 Å². The van der Waals surface area contributed by atoms with Gasteiger partial charge in [0.15, 0.2) is 17.3 Å². The largest absolute Gasteiger partial charge is 0.298 e. The summed E-state index contributed by atoms with van der Waals surface area (Å²) in [4.78, 5) is 37.9. The molecule has 1 fully saturated rings. The number of ketones is 3. The fourth-order valence-corrected chi connectivity index (χ4v) is 3.18. The first kappa shape index (κ1) is 15.3. The van der Waals surface area contributed by atoms with Crippen LogP contribution in [-0.4, -0.2) is 17.3 Å². The minimum Gasteiger partial charge on any atom is -0.298 e. The number of hydrogen-bond donors (Lipinski definition) is 0. The van der Waals surface area contributed by atoms with Gasteiger partial charge < -0.3 is 0 Å². The number of benzene rings is 2. The minimum absolute atomic E-state index is 0.166. The lowest BCUT2D eigenvalue weighted by Crippen LogP contribution is -2.37. The van der Waals surface area contributed by atoms with Crippen molar-refractivity contribution in [2.45, 2.75) is 19.3 Å². The van der Waals surface area contributed by atoms with Crippen LogP contribution >= 0.6 is 0 Å². The molecule has 1 aliphatic carbocycles. The SMILES string of the molecule is O=C(c1ccccc1)[C@H]1CCC[C@@H](C(=O)c2ccccc2)C1=O. The summed E-state index contributed by atoms with van der Waals surface area (Å²) in [6, 6.07) is 17.7. The zero-order chi connectivity index (χ0) is 16.2. The maximum Gasteiger partial charge on any atom is 0.173 e. The maximum absolute atomic E-state index is 12.7. The average Bonchev–Trinajstić information content (AvgIpc) is 2.62. The first-order valence-electron chi connectivity index (χ1n) is 7.90.